The van der Waals surface area contributed by atoms with Gasteiger partial charge in [-0.1, -0.05) is 35.9 Å². The molecule has 0 saturated heterocycles. The third-order valence-corrected chi connectivity index (χ3v) is 4.98. The monoisotopic (exact) mass is 496 g/mol. The van der Waals surface area contributed by atoms with Gasteiger partial charge in [-0.05, 0) is 61.9 Å². The van der Waals surface area contributed by atoms with Crippen molar-refractivity contribution in [3.8, 4) is 11.5 Å². The van der Waals surface area contributed by atoms with Crippen molar-refractivity contribution < 1.29 is 28.6 Å². The molecule has 0 aliphatic rings. The minimum absolute atomic E-state index is 0.200. The molecule has 0 saturated carbocycles. The minimum atomic E-state index is -0.815. The summed E-state index contributed by atoms with van der Waals surface area (Å²) in [5.41, 5.74) is 1.27. The minimum Gasteiger partial charge on any atom is -0.492 e. The lowest BCUT2D eigenvalue weighted by atomic mass is 10.2. The second kappa shape index (κ2) is 13.0. The number of rotatable bonds is 10. The third-order valence-electron chi connectivity index (χ3n) is 4.67. The maximum Gasteiger partial charge on any atom is 0.513 e. The summed E-state index contributed by atoms with van der Waals surface area (Å²) in [5, 5.41) is 6.11. The van der Waals surface area contributed by atoms with Gasteiger partial charge in [0.2, 0.25) is 5.91 Å². The van der Waals surface area contributed by atoms with Crippen LogP contribution in [0.4, 0.5) is 16.2 Å². The molecule has 0 fully saturated rings. The highest BCUT2D eigenvalue weighted by Crippen LogP contribution is 2.24. The van der Waals surface area contributed by atoms with Crippen LogP contribution in [0, 0.1) is 0 Å². The highest BCUT2D eigenvalue weighted by Gasteiger charge is 2.12. The molecule has 3 rings (SSSR count). The molecule has 0 aliphatic heterocycles. The molecule has 0 unspecified atom stereocenters. The van der Waals surface area contributed by atoms with Gasteiger partial charge in [-0.2, -0.15) is 0 Å². The second-order valence-corrected chi connectivity index (χ2v) is 7.65. The highest BCUT2D eigenvalue weighted by atomic mass is 35.5. The van der Waals surface area contributed by atoms with Crippen molar-refractivity contribution in [2.75, 3.05) is 23.8 Å². The first-order chi connectivity index (χ1) is 17.0. The topological polar surface area (TPSA) is 103 Å². The van der Waals surface area contributed by atoms with Crippen LogP contribution in [0.5, 0.6) is 11.5 Å². The molecule has 0 atom stereocenters. The largest absolute Gasteiger partial charge is 0.513 e. The van der Waals surface area contributed by atoms with Crippen molar-refractivity contribution in [2.24, 2.45) is 0 Å². The van der Waals surface area contributed by atoms with E-state index in [0.717, 1.165) is 0 Å². The van der Waals surface area contributed by atoms with Crippen molar-refractivity contribution in [2.45, 2.75) is 19.8 Å². The Hall–Kier alpha value is -4.04. The van der Waals surface area contributed by atoms with Gasteiger partial charge in [0, 0.05) is 12.0 Å². The Bertz CT molecular complexity index is 1170. The maximum atomic E-state index is 12.7. The van der Waals surface area contributed by atoms with Gasteiger partial charge in [0.25, 0.3) is 5.91 Å². The molecular formula is C26H25ClN2O6. The van der Waals surface area contributed by atoms with E-state index in [1.807, 2.05) is 12.1 Å². The van der Waals surface area contributed by atoms with Crippen molar-refractivity contribution in [3.05, 3.63) is 83.4 Å². The summed E-state index contributed by atoms with van der Waals surface area (Å²) in [5.74, 6) is 0.228. The van der Waals surface area contributed by atoms with Crippen molar-refractivity contribution in [1.82, 2.24) is 0 Å². The van der Waals surface area contributed by atoms with E-state index in [1.54, 1.807) is 43.3 Å². The summed E-state index contributed by atoms with van der Waals surface area (Å²) < 4.78 is 15.3. The average Bonchev–Trinajstić information content (AvgIpc) is 2.84. The molecule has 3 aromatic carbocycles. The predicted octanol–water partition coefficient (Wildman–Crippen LogP) is 5.93. The molecule has 9 heteroatoms. The molecule has 0 aromatic heterocycles. The standard InChI is InChI=1S/C26H25ClN2O6/c1-2-33-26(32)35-19-15-13-18(14-16-19)25(31)29-22-10-5-4-9-21(22)28-24(30)12-7-17-34-23-11-6-3-8-20(23)27/h3-6,8-11,13-16H,2,7,12,17H2,1H3,(H,28,30)(H,29,31). The molecule has 3 aromatic rings. The Balaban J connectivity index is 1.51. The predicted molar refractivity (Wildman–Crippen MR) is 133 cm³/mol. The van der Waals surface area contributed by atoms with Gasteiger partial charge in [-0.3, -0.25) is 9.59 Å². The van der Waals surface area contributed by atoms with E-state index in [9.17, 15) is 14.4 Å². The quantitative estimate of drug-likeness (QED) is 0.205. The Kier molecular flexibility index (Phi) is 9.50. The highest BCUT2D eigenvalue weighted by molar-refractivity contribution is 6.32. The number of carbonyl (C=O) groups is 3. The molecule has 2 amide bonds. The Labute approximate surface area is 208 Å². The molecular weight excluding hydrogens is 472 g/mol. The SMILES string of the molecule is CCOC(=O)Oc1ccc(C(=O)Nc2ccccc2NC(=O)CCCOc2ccccc2Cl)cc1. The first-order valence-electron chi connectivity index (χ1n) is 11.0. The van der Waals surface area contributed by atoms with Crippen LogP contribution < -0.4 is 20.1 Å². The zero-order valence-corrected chi connectivity index (χ0v) is 19.8. The van der Waals surface area contributed by atoms with Crippen molar-refractivity contribution in [1.29, 1.82) is 0 Å². The molecule has 0 radical (unpaired) electrons. The fourth-order valence-electron chi connectivity index (χ4n) is 3.00. The number of para-hydroxylation sites is 3. The smallest absolute Gasteiger partial charge is 0.492 e. The first kappa shape index (κ1) is 25.6. The van der Waals surface area contributed by atoms with Crippen LogP contribution in [0.25, 0.3) is 0 Å². The van der Waals surface area contributed by atoms with E-state index in [0.29, 0.717) is 40.7 Å². The van der Waals surface area contributed by atoms with Crippen LogP contribution in [-0.2, 0) is 9.53 Å². The van der Waals surface area contributed by atoms with E-state index in [1.165, 1.54) is 24.3 Å². The fourth-order valence-corrected chi connectivity index (χ4v) is 3.19. The third kappa shape index (κ3) is 8.04. The van der Waals surface area contributed by atoms with Crippen LogP contribution in [0.3, 0.4) is 0 Å². The van der Waals surface area contributed by atoms with Gasteiger partial charge in [-0.15, -0.1) is 0 Å². The van der Waals surface area contributed by atoms with Gasteiger partial charge in [0.05, 0.1) is 29.6 Å². The number of hydrogen-bond acceptors (Lipinski definition) is 6. The molecule has 0 spiro atoms. The van der Waals surface area contributed by atoms with Crippen molar-refractivity contribution in [3.63, 3.8) is 0 Å². The number of halogens is 1. The molecule has 182 valence electrons. The van der Waals surface area contributed by atoms with Crippen LogP contribution >= 0.6 is 11.6 Å². The lowest BCUT2D eigenvalue weighted by molar-refractivity contribution is -0.116. The number of benzene rings is 3. The van der Waals surface area contributed by atoms with Gasteiger partial charge in [0.1, 0.15) is 11.5 Å². The summed E-state index contributed by atoms with van der Waals surface area (Å²) in [6, 6.07) is 20.0. The number of carbonyl (C=O) groups excluding carboxylic acids is 3. The second-order valence-electron chi connectivity index (χ2n) is 7.24. The maximum absolute atomic E-state index is 12.7. The normalized spacial score (nSPS) is 10.2. The number of anilines is 2. The fraction of sp³-hybridized carbons (Fsp3) is 0.192. The zero-order valence-electron chi connectivity index (χ0n) is 19.1. The molecule has 0 bridgehead atoms. The molecule has 2 N–H and O–H groups in total. The molecule has 0 aliphatic carbocycles. The Morgan fingerprint density at radius 2 is 1.51 bits per heavy atom. The van der Waals surface area contributed by atoms with E-state index in [-0.39, 0.29) is 30.6 Å². The molecule has 35 heavy (non-hydrogen) atoms. The van der Waals surface area contributed by atoms with Crippen LogP contribution in [0.1, 0.15) is 30.1 Å². The molecule has 0 heterocycles. The van der Waals surface area contributed by atoms with Gasteiger partial charge in [-0.25, -0.2) is 4.79 Å². The number of nitrogens with one attached hydrogen (secondary N) is 2. The number of ether oxygens (including phenoxy) is 3. The summed E-state index contributed by atoms with van der Waals surface area (Å²) in [6.45, 7) is 2.21. The number of hydrogen-bond donors (Lipinski definition) is 2. The van der Waals surface area contributed by atoms with Crippen molar-refractivity contribution >= 4 is 40.9 Å². The average molecular weight is 497 g/mol. The zero-order chi connectivity index (χ0) is 25.0. The Morgan fingerprint density at radius 1 is 0.857 bits per heavy atom. The van der Waals surface area contributed by atoms with Gasteiger partial charge >= 0.3 is 6.16 Å². The number of amides is 2. The van der Waals surface area contributed by atoms with E-state index >= 15 is 0 Å². The van der Waals surface area contributed by atoms with E-state index < -0.39 is 6.16 Å². The van der Waals surface area contributed by atoms with Crippen LogP contribution in [-0.4, -0.2) is 31.2 Å². The molecule has 8 nitrogen and oxygen atoms in total. The first-order valence-corrected chi connectivity index (χ1v) is 11.4. The van der Waals surface area contributed by atoms with E-state index in [4.69, 9.17) is 25.8 Å². The summed E-state index contributed by atoms with van der Waals surface area (Å²) in [4.78, 5) is 36.5. The summed E-state index contributed by atoms with van der Waals surface area (Å²) in [6.07, 6.45) is -0.0923. The lowest BCUT2D eigenvalue weighted by Gasteiger charge is -2.13. The van der Waals surface area contributed by atoms with Gasteiger partial charge < -0.3 is 24.8 Å². The lowest BCUT2D eigenvalue weighted by Crippen LogP contribution is -2.17. The Morgan fingerprint density at radius 3 is 2.20 bits per heavy atom. The van der Waals surface area contributed by atoms with Gasteiger partial charge in [0.15, 0.2) is 0 Å². The van der Waals surface area contributed by atoms with E-state index in [2.05, 4.69) is 10.6 Å². The van der Waals surface area contributed by atoms with Crippen LogP contribution in [0.15, 0.2) is 72.8 Å². The van der Waals surface area contributed by atoms with Crippen LogP contribution in [0.2, 0.25) is 5.02 Å². The summed E-state index contributed by atoms with van der Waals surface area (Å²) in [7, 11) is 0. The summed E-state index contributed by atoms with van der Waals surface area (Å²) >= 11 is 6.05.